The minimum absolute atomic E-state index is 0.701. The molecular formula is C17H26N2O. The highest BCUT2D eigenvalue weighted by atomic mass is 16.5. The molecule has 1 aromatic rings. The van der Waals surface area contributed by atoms with E-state index in [2.05, 4.69) is 34.5 Å². The van der Waals surface area contributed by atoms with Gasteiger partial charge >= 0.3 is 0 Å². The molecule has 2 aliphatic rings. The molecule has 0 bridgehead atoms. The Bertz CT molecular complexity index is 414. The first-order valence-corrected chi connectivity index (χ1v) is 7.86. The van der Waals surface area contributed by atoms with Crippen LogP contribution in [0.25, 0.3) is 0 Å². The van der Waals surface area contributed by atoms with Gasteiger partial charge in [-0.2, -0.15) is 0 Å². The average molecular weight is 274 g/mol. The van der Waals surface area contributed by atoms with Gasteiger partial charge in [0.25, 0.3) is 0 Å². The summed E-state index contributed by atoms with van der Waals surface area (Å²) in [7, 11) is 1.74. The van der Waals surface area contributed by atoms with Crippen molar-refractivity contribution in [3.8, 4) is 0 Å². The van der Waals surface area contributed by atoms with Crippen LogP contribution >= 0.6 is 0 Å². The summed E-state index contributed by atoms with van der Waals surface area (Å²) in [5.74, 6) is 0.850. The molecule has 1 aliphatic carbocycles. The zero-order chi connectivity index (χ0) is 13.8. The summed E-state index contributed by atoms with van der Waals surface area (Å²) in [4.78, 5) is 2.69. The summed E-state index contributed by atoms with van der Waals surface area (Å²) < 4.78 is 5.13. The molecule has 20 heavy (non-hydrogen) atoms. The Labute approximate surface area is 122 Å². The van der Waals surface area contributed by atoms with Gasteiger partial charge < -0.3 is 15.0 Å². The van der Waals surface area contributed by atoms with Crippen molar-refractivity contribution in [2.24, 2.45) is 5.92 Å². The molecular weight excluding hydrogens is 248 g/mol. The highest BCUT2D eigenvalue weighted by Crippen LogP contribution is 2.31. The predicted molar refractivity (Wildman–Crippen MR) is 81.6 cm³/mol. The van der Waals surface area contributed by atoms with Gasteiger partial charge in [-0.05, 0) is 49.4 Å². The second-order valence-electron chi connectivity index (χ2n) is 6.26. The van der Waals surface area contributed by atoms with E-state index in [1.54, 1.807) is 7.11 Å². The number of ether oxygens (including phenoxy) is 1. The summed E-state index contributed by atoms with van der Waals surface area (Å²) >= 11 is 0. The topological polar surface area (TPSA) is 24.5 Å². The smallest absolute Gasteiger partial charge is 0.0713 e. The van der Waals surface area contributed by atoms with Gasteiger partial charge in [-0.1, -0.05) is 24.3 Å². The first-order valence-electron chi connectivity index (χ1n) is 7.86. The van der Waals surface area contributed by atoms with Crippen LogP contribution in [0.15, 0.2) is 24.3 Å². The van der Waals surface area contributed by atoms with Gasteiger partial charge in [0, 0.05) is 26.2 Å². The van der Waals surface area contributed by atoms with Crippen LogP contribution in [0.3, 0.4) is 0 Å². The maximum Gasteiger partial charge on any atom is 0.0713 e. The molecule has 110 valence electrons. The van der Waals surface area contributed by atoms with Crippen LogP contribution in [0.4, 0.5) is 0 Å². The fraction of sp³-hybridized carbons (Fsp3) is 0.647. The molecule has 0 spiro atoms. The normalized spacial score (nSPS) is 23.4. The lowest BCUT2D eigenvalue weighted by Crippen LogP contribution is -2.27. The summed E-state index contributed by atoms with van der Waals surface area (Å²) in [5, 5.41) is 3.62. The lowest BCUT2D eigenvalue weighted by Gasteiger charge is -2.15. The number of rotatable bonds is 7. The van der Waals surface area contributed by atoms with Gasteiger partial charge in [-0.25, -0.2) is 0 Å². The third-order valence-corrected chi connectivity index (χ3v) is 4.48. The van der Waals surface area contributed by atoms with Crippen LogP contribution in [0.5, 0.6) is 0 Å². The van der Waals surface area contributed by atoms with Gasteiger partial charge in [-0.3, -0.25) is 0 Å². The molecule has 1 unspecified atom stereocenters. The molecule has 3 heteroatoms. The van der Waals surface area contributed by atoms with Crippen LogP contribution < -0.4 is 5.32 Å². The van der Waals surface area contributed by atoms with E-state index in [9.17, 15) is 0 Å². The fourth-order valence-electron chi connectivity index (χ4n) is 3.14. The lowest BCUT2D eigenvalue weighted by atomic mass is 10.1. The van der Waals surface area contributed by atoms with Crippen molar-refractivity contribution in [1.29, 1.82) is 0 Å². The van der Waals surface area contributed by atoms with Crippen LogP contribution in [-0.4, -0.2) is 37.7 Å². The van der Waals surface area contributed by atoms with Crippen molar-refractivity contribution in [3.05, 3.63) is 35.4 Å². The molecule has 1 N–H and O–H groups in total. The standard InChI is InChI=1S/C17H26N2O/c1-20-13-15-4-2-14(3-5-15)10-18-11-16-8-9-19(12-16)17-6-7-17/h2-5,16-18H,6-13H2,1H3. The molecule has 1 aromatic carbocycles. The van der Waals surface area contributed by atoms with Gasteiger partial charge in [0.05, 0.1) is 6.61 Å². The van der Waals surface area contributed by atoms with Crippen molar-refractivity contribution >= 4 is 0 Å². The van der Waals surface area contributed by atoms with E-state index in [1.165, 1.54) is 43.5 Å². The van der Waals surface area contributed by atoms with E-state index < -0.39 is 0 Å². The fourth-order valence-corrected chi connectivity index (χ4v) is 3.14. The minimum Gasteiger partial charge on any atom is -0.380 e. The van der Waals surface area contributed by atoms with Gasteiger partial charge in [0.15, 0.2) is 0 Å². The van der Waals surface area contributed by atoms with E-state index in [0.29, 0.717) is 6.61 Å². The summed E-state index contributed by atoms with van der Waals surface area (Å²) in [6, 6.07) is 9.66. The third kappa shape index (κ3) is 3.81. The lowest BCUT2D eigenvalue weighted by molar-refractivity contribution is 0.185. The molecule has 0 amide bonds. The van der Waals surface area contributed by atoms with Crippen LogP contribution in [0.2, 0.25) is 0 Å². The van der Waals surface area contributed by atoms with Gasteiger partial charge in [0.2, 0.25) is 0 Å². The Morgan fingerprint density at radius 2 is 1.90 bits per heavy atom. The monoisotopic (exact) mass is 274 g/mol. The Hall–Kier alpha value is -0.900. The second-order valence-corrected chi connectivity index (χ2v) is 6.26. The maximum absolute atomic E-state index is 5.13. The predicted octanol–water partition coefficient (Wildman–Crippen LogP) is 2.41. The number of nitrogens with one attached hydrogen (secondary N) is 1. The Kier molecular flexibility index (Phi) is 4.71. The van der Waals surface area contributed by atoms with Crippen molar-refractivity contribution < 1.29 is 4.74 Å². The quantitative estimate of drug-likeness (QED) is 0.826. The highest BCUT2D eigenvalue weighted by molar-refractivity contribution is 5.21. The Morgan fingerprint density at radius 3 is 2.60 bits per heavy atom. The van der Waals surface area contributed by atoms with Crippen molar-refractivity contribution in [1.82, 2.24) is 10.2 Å². The van der Waals surface area contributed by atoms with E-state index in [0.717, 1.165) is 25.0 Å². The molecule has 0 aromatic heterocycles. The van der Waals surface area contributed by atoms with Crippen molar-refractivity contribution in [2.45, 2.75) is 38.5 Å². The van der Waals surface area contributed by atoms with Crippen LogP contribution in [-0.2, 0) is 17.9 Å². The largest absolute Gasteiger partial charge is 0.380 e. The zero-order valence-electron chi connectivity index (χ0n) is 12.5. The Morgan fingerprint density at radius 1 is 1.15 bits per heavy atom. The molecule has 1 saturated heterocycles. The number of hydrogen-bond donors (Lipinski definition) is 1. The van der Waals surface area contributed by atoms with Gasteiger partial charge in [0.1, 0.15) is 0 Å². The van der Waals surface area contributed by atoms with Crippen molar-refractivity contribution in [3.63, 3.8) is 0 Å². The van der Waals surface area contributed by atoms with Crippen molar-refractivity contribution in [2.75, 3.05) is 26.7 Å². The molecule has 1 atom stereocenters. The number of methoxy groups -OCH3 is 1. The van der Waals surface area contributed by atoms with E-state index in [1.807, 2.05) is 0 Å². The first kappa shape index (κ1) is 14.1. The molecule has 0 radical (unpaired) electrons. The molecule has 3 rings (SSSR count). The summed E-state index contributed by atoms with van der Waals surface area (Å²) in [6.07, 6.45) is 4.25. The second kappa shape index (κ2) is 6.70. The van der Waals surface area contributed by atoms with Gasteiger partial charge in [-0.15, -0.1) is 0 Å². The SMILES string of the molecule is COCc1ccc(CNCC2CCN(C3CC3)C2)cc1. The maximum atomic E-state index is 5.13. The van der Waals surface area contributed by atoms with E-state index >= 15 is 0 Å². The number of benzene rings is 1. The molecule has 3 nitrogen and oxygen atoms in total. The average Bonchev–Trinajstić information content (AvgIpc) is 3.21. The number of likely N-dealkylation sites (tertiary alicyclic amines) is 1. The molecule has 1 aliphatic heterocycles. The molecule has 1 heterocycles. The highest BCUT2D eigenvalue weighted by Gasteiger charge is 2.33. The zero-order valence-corrected chi connectivity index (χ0v) is 12.5. The summed E-state index contributed by atoms with van der Waals surface area (Å²) in [6.45, 7) is 5.47. The van der Waals surface area contributed by atoms with Crippen LogP contribution in [0.1, 0.15) is 30.4 Å². The van der Waals surface area contributed by atoms with E-state index in [4.69, 9.17) is 4.74 Å². The minimum atomic E-state index is 0.701. The van der Waals surface area contributed by atoms with E-state index in [-0.39, 0.29) is 0 Å². The first-order chi connectivity index (χ1) is 9.85. The van der Waals surface area contributed by atoms with Crippen LogP contribution in [0, 0.1) is 5.92 Å². The molecule has 2 fully saturated rings. The number of hydrogen-bond acceptors (Lipinski definition) is 3. The summed E-state index contributed by atoms with van der Waals surface area (Å²) in [5.41, 5.74) is 2.61. The third-order valence-electron chi connectivity index (χ3n) is 4.48. The Balaban J connectivity index is 1.36. The number of nitrogens with zero attached hydrogens (tertiary/aromatic N) is 1. The molecule has 1 saturated carbocycles.